The predicted octanol–water partition coefficient (Wildman–Crippen LogP) is 2.55. The number of nitrogens with two attached hydrogens (primary N) is 1. The summed E-state index contributed by atoms with van der Waals surface area (Å²) in [7, 11) is 0. The van der Waals surface area contributed by atoms with Crippen LogP contribution in [0, 0.1) is 0 Å². The van der Waals surface area contributed by atoms with Gasteiger partial charge in [-0.1, -0.05) is 38.1 Å². The minimum Gasteiger partial charge on any atom is -0.457 e. The lowest BCUT2D eigenvalue weighted by molar-refractivity contribution is -0.181. The van der Waals surface area contributed by atoms with Gasteiger partial charge in [-0.2, -0.15) is 0 Å². The molecule has 1 amide bonds. The molecule has 1 aliphatic carbocycles. The Morgan fingerprint density at radius 3 is 2.24 bits per heavy atom. The zero-order chi connectivity index (χ0) is 18.4. The number of cyclic esters (lactones) is 1. The standard InChI is InChI=1S/C20H28N2O3/c1-12(2)13-5-7-14(8-6-13)16(18(21)23)17-19(24)25-20(3,4)11-22(17)15-9-10-15/h5-8,12,15-17H,9-11H2,1-4H3,(H2,21,23). The van der Waals surface area contributed by atoms with Crippen LogP contribution in [0.3, 0.4) is 0 Å². The van der Waals surface area contributed by atoms with Crippen molar-refractivity contribution in [2.75, 3.05) is 6.54 Å². The molecule has 5 nitrogen and oxygen atoms in total. The fourth-order valence-electron chi connectivity index (χ4n) is 3.72. The van der Waals surface area contributed by atoms with E-state index in [4.69, 9.17) is 10.5 Å². The number of benzene rings is 1. The van der Waals surface area contributed by atoms with Crippen molar-refractivity contribution in [1.82, 2.24) is 4.90 Å². The molecule has 1 aliphatic heterocycles. The molecule has 5 heteroatoms. The second-order valence-electron chi connectivity index (χ2n) is 8.23. The van der Waals surface area contributed by atoms with Crippen LogP contribution in [0.5, 0.6) is 0 Å². The average molecular weight is 344 g/mol. The van der Waals surface area contributed by atoms with Gasteiger partial charge in [0.15, 0.2) is 0 Å². The first-order valence-electron chi connectivity index (χ1n) is 9.07. The van der Waals surface area contributed by atoms with Crippen LogP contribution >= 0.6 is 0 Å². The summed E-state index contributed by atoms with van der Waals surface area (Å²) < 4.78 is 5.62. The van der Waals surface area contributed by atoms with Gasteiger partial charge in [0.1, 0.15) is 11.6 Å². The Kier molecular flexibility index (Phi) is 4.62. The van der Waals surface area contributed by atoms with Gasteiger partial charge in [-0.3, -0.25) is 14.5 Å². The van der Waals surface area contributed by atoms with Crippen LogP contribution in [0.1, 0.15) is 63.5 Å². The van der Waals surface area contributed by atoms with E-state index in [1.807, 2.05) is 38.1 Å². The number of carbonyl (C=O) groups is 2. The van der Waals surface area contributed by atoms with E-state index in [0.29, 0.717) is 18.5 Å². The van der Waals surface area contributed by atoms with Crippen molar-refractivity contribution in [2.45, 2.75) is 70.1 Å². The molecule has 0 aromatic heterocycles. The summed E-state index contributed by atoms with van der Waals surface area (Å²) in [5, 5.41) is 0. The number of hydrogen-bond acceptors (Lipinski definition) is 4. The van der Waals surface area contributed by atoms with E-state index in [0.717, 1.165) is 18.4 Å². The van der Waals surface area contributed by atoms with Gasteiger partial charge in [-0.25, -0.2) is 0 Å². The molecule has 0 bridgehead atoms. The van der Waals surface area contributed by atoms with Crippen LogP contribution < -0.4 is 5.73 Å². The average Bonchev–Trinajstić information content (AvgIpc) is 3.33. The Balaban J connectivity index is 1.95. The largest absolute Gasteiger partial charge is 0.457 e. The lowest BCUT2D eigenvalue weighted by atomic mass is 9.86. The molecule has 0 radical (unpaired) electrons. The van der Waals surface area contributed by atoms with E-state index < -0.39 is 23.5 Å². The number of hydrogen-bond donors (Lipinski definition) is 1. The van der Waals surface area contributed by atoms with Crippen molar-refractivity contribution in [3.63, 3.8) is 0 Å². The SMILES string of the molecule is CC(C)c1ccc(C(C(N)=O)C2C(=O)OC(C)(C)CN2C2CC2)cc1. The van der Waals surface area contributed by atoms with Gasteiger partial charge in [0.25, 0.3) is 0 Å². The first kappa shape index (κ1) is 17.9. The molecule has 1 saturated carbocycles. The topological polar surface area (TPSA) is 72.6 Å². The maximum absolute atomic E-state index is 12.8. The van der Waals surface area contributed by atoms with Gasteiger partial charge in [0.2, 0.25) is 5.91 Å². The van der Waals surface area contributed by atoms with Gasteiger partial charge >= 0.3 is 5.97 Å². The Bertz CT molecular complexity index is 662. The molecule has 2 atom stereocenters. The van der Waals surface area contributed by atoms with Crippen molar-refractivity contribution in [1.29, 1.82) is 0 Å². The van der Waals surface area contributed by atoms with E-state index in [9.17, 15) is 9.59 Å². The minimum absolute atomic E-state index is 0.342. The lowest BCUT2D eigenvalue weighted by Gasteiger charge is -2.44. The molecule has 2 unspecified atom stereocenters. The third kappa shape index (κ3) is 3.71. The Morgan fingerprint density at radius 1 is 1.20 bits per heavy atom. The maximum atomic E-state index is 12.8. The van der Waals surface area contributed by atoms with Crippen LogP contribution in [-0.2, 0) is 14.3 Å². The van der Waals surface area contributed by atoms with E-state index >= 15 is 0 Å². The fourth-order valence-corrected chi connectivity index (χ4v) is 3.72. The third-order valence-corrected chi connectivity index (χ3v) is 5.14. The number of carbonyl (C=O) groups excluding carboxylic acids is 2. The number of esters is 1. The Hall–Kier alpha value is -1.88. The van der Waals surface area contributed by atoms with Crippen molar-refractivity contribution >= 4 is 11.9 Å². The van der Waals surface area contributed by atoms with Gasteiger partial charge in [-0.15, -0.1) is 0 Å². The summed E-state index contributed by atoms with van der Waals surface area (Å²) in [5.74, 6) is -1.11. The van der Waals surface area contributed by atoms with E-state index in [1.165, 1.54) is 5.56 Å². The second kappa shape index (κ2) is 6.45. The van der Waals surface area contributed by atoms with E-state index in [-0.39, 0.29) is 5.97 Å². The van der Waals surface area contributed by atoms with Crippen LogP contribution in [0.4, 0.5) is 0 Å². The molecular formula is C20H28N2O3. The Morgan fingerprint density at radius 2 is 1.76 bits per heavy atom. The molecule has 1 heterocycles. The molecule has 2 N–H and O–H groups in total. The smallest absolute Gasteiger partial charge is 0.325 e. The summed E-state index contributed by atoms with van der Waals surface area (Å²) in [4.78, 5) is 27.2. The normalized spacial score (nSPS) is 24.8. The highest BCUT2D eigenvalue weighted by atomic mass is 16.6. The third-order valence-electron chi connectivity index (χ3n) is 5.14. The maximum Gasteiger partial charge on any atom is 0.325 e. The zero-order valence-electron chi connectivity index (χ0n) is 15.5. The van der Waals surface area contributed by atoms with Crippen molar-refractivity contribution in [3.05, 3.63) is 35.4 Å². The highest BCUT2D eigenvalue weighted by Gasteiger charge is 2.51. The molecule has 3 rings (SSSR count). The first-order valence-corrected chi connectivity index (χ1v) is 9.07. The van der Waals surface area contributed by atoms with Crippen molar-refractivity contribution in [3.8, 4) is 0 Å². The highest BCUT2D eigenvalue weighted by Crippen LogP contribution is 2.39. The molecule has 1 aromatic carbocycles. The lowest BCUT2D eigenvalue weighted by Crippen LogP contribution is -2.60. The highest BCUT2D eigenvalue weighted by molar-refractivity contribution is 5.91. The number of amides is 1. The number of rotatable bonds is 5. The van der Waals surface area contributed by atoms with Crippen molar-refractivity contribution in [2.24, 2.45) is 5.73 Å². The molecule has 2 aliphatic rings. The van der Waals surface area contributed by atoms with E-state index in [1.54, 1.807) is 0 Å². The Labute approximate surface area is 149 Å². The monoisotopic (exact) mass is 344 g/mol. The summed E-state index contributed by atoms with van der Waals surface area (Å²) in [6.07, 6.45) is 2.11. The van der Waals surface area contributed by atoms with Gasteiger partial charge < -0.3 is 10.5 Å². The molecule has 25 heavy (non-hydrogen) atoms. The van der Waals surface area contributed by atoms with E-state index in [2.05, 4.69) is 18.7 Å². The van der Waals surface area contributed by atoms with Crippen LogP contribution in [0.25, 0.3) is 0 Å². The number of primary amides is 1. The van der Waals surface area contributed by atoms with Gasteiger partial charge in [-0.05, 0) is 43.7 Å². The summed E-state index contributed by atoms with van der Waals surface area (Å²) in [6, 6.07) is 7.56. The summed E-state index contributed by atoms with van der Waals surface area (Å²) >= 11 is 0. The summed E-state index contributed by atoms with van der Waals surface area (Å²) in [6.45, 7) is 8.69. The molecule has 1 saturated heterocycles. The summed E-state index contributed by atoms with van der Waals surface area (Å²) in [5.41, 5.74) is 7.17. The van der Waals surface area contributed by atoms with Crippen LogP contribution in [-0.4, -0.2) is 41.0 Å². The molecule has 2 fully saturated rings. The second-order valence-corrected chi connectivity index (χ2v) is 8.23. The predicted molar refractivity (Wildman–Crippen MR) is 96.2 cm³/mol. The van der Waals surface area contributed by atoms with Crippen LogP contribution in [0.2, 0.25) is 0 Å². The molecular weight excluding hydrogens is 316 g/mol. The van der Waals surface area contributed by atoms with Gasteiger partial charge in [0.05, 0.1) is 5.92 Å². The number of ether oxygens (including phenoxy) is 1. The minimum atomic E-state index is -0.689. The van der Waals surface area contributed by atoms with Gasteiger partial charge in [0, 0.05) is 12.6 Å². The first-order chi connectivity index (χ1) is 11.7. The number of morpholine rings is 1. The molecule has 0 spiro atoms. The molecule has 1 aromatic rings. The fraction of sp³-hybridized carbons (Fsp3) is 0.600. The van der Waals surface area contributed by atoms with Crippen molar-refractivity contribution < 1.29 is 14.3 Å². The quantitative estimate of drug-likeness (QED) is 0.833. The number of nitrogens with zero attached hydrogens (tertiary/aromatic N) is 1. The zero-order valence-corrected chi connectivity index (χ0v) is 15.5. The molecule has 136 valence electrons. The van der Waals surface area contributed by atoms with Crippen LogP contribution in [0.15, 0.2) is 24.3 Å².